The highest BCUT2D eigenvalue weighted by molar-refractivity contribution is 5.85. The van der Waals surface area contributed by atoms with Gasteiger partial charge in [-0.25, -0.2) is 4.99 Å². The summed E-state index contributed by atoms with van der Waals surface area (Å²) in [6.07, 6.45) is 2.37. The molecule has 0 radical (unpaired) electrons. The largest absolute Gasteiger partial charge is 0.487 e. The molecule has 1 aliphatic heterocycles. The lowest BCUT2D eigenvalue weighted by Gasteiger charge is -2.38. The molecule has 0 fully saturated rings. The lowest BCUT2D eigenvalue weighted by atomic mass is 9.90. The number of fused-ring (bicyclic) bond motifs is 1. The first kappa shape index (κ1) is 19.8. The van der Waals surface area contributed by atoms with Crippen molar-refractivity contribution in [2.24, 2.45) is 4.99 Å². The number of hydrogen-bond acceptors (Lipinski definition) is 4. The van der Waals surface area contributed by atoms with Crippen LogP contribution in [0.2, 0.25) is 0 Å². The maximum Gasteiger partial charge on any atom is 0.242 e. The molecule has 1 aromatic carbocycles. The van der Waals surface area contributed by atoms with Crippen molar-refractivity contribution in [3.63, 3.8) is 0 Å². The predicted octanol–water partition coefficient (Wildman–Crippen LogP) is 2.75. The maximum atomic E-state index is 12.1. The Balaban J connectivity index is 1.65. The highest BCUT2D eigenvalue weighted by Gasteiger charge is 2.33. The zero-order valence-corrected chi connectivity index (χ0v) is 16.6. The molecule has 7 heteroatoms. The van der Waals surface area contributed by atoms with Gasteiger partial charge in [0.05, 0.1) is 18.8 Å². The highest BCUT2D eigenvalue weighted by atomic mass is 16.5. The molecule has 0 saturated heterocycles. The first-order valence-corrected chi connectivity index (χ1v) is 9.59. The molecule has 1 aliphatic rings. The number of ether oxygens (including phenoxy) is 1. The van der Waals surface area contributed by atoms with Crippen LogP contribution < -0.4 is 20.7 Å². The van der Waals surface area contributed by atoms with Gasteiger partial charge in [0.25, 0.3) is 0 Å². The van der Waals surface area contributed by atoms with Gasteiger partial charge in [-0.05, 0) is 39.0 Å². The summed E-state index contributed by atoms with van der Waals surface area (Å²) in [5, 5.41) is 9.47. The van der Waals surface area contributed by atoms with Crippen molar-refractivity contribution in [2.75, 3.05) is 13.1 Å². The van der Waals surface area contributed by atoms with Crippen molar-refractivity contribution < 1.29 is 13.9 Å². The quantitative estimate of drug-likeness (QED) is 0.527. The van der Waals surface area contributed by atoms with E-state index in [1.807, 2.05) is 31.2 Å². The second kappa shape index (κ2) is 8.82. The van der Waals surface area contributed by atoms with E-state index in [0.717, 1.165) is 17.7 Å². The number of aliphatic imine (C=N–C) groups is 1. The highest BCUT2D eigenvalue weighted by Crippen LogP contribution is 2.39. The topological polar surface area (TPSA) is 87.9 Å². The molecule has 3 rings (SSSR count). The average molecular weight is 384 g/mol. The molecule has 1 atom stereocenters. The molecule has 0 aliphatic carbocycles. The summed E-state index contributed by atoms with van der Waals surface area (Å²) in [6.45, 7) is 7.23. The molecule has 0 bridgehead atoms. The monoisotopic (exact) mass is 384 g/mol. The molecule has 2 aromatic rings. The number of furan rings is 1. The Morgan fingerprint density at radius 2 is 2.04 bits per heavy atom. The van der Waals surface area contributed by atoms with Gasteiger partial charge < -0.3 is 25.1 Å². The maximum absolute atomic E-state index is 12.1. The molecule has 1 aromatic heterocycles. The number of carbonyl (C=O) groups excluding carboxylic acids is 1. The summed E-state index contributed by atoms with van der Waals surface area (Å²) in [5.41, 5.74) is 0.804. The Hall–Kier alpha value is -2.96. The van der Waals surface area contributed by atoms with Crippen LogP contribution >= 0.6 is 0 Å². The van der Waals surface area contributed by atoms with Crippen molar-refractivity contribution in [1.29, 1.82) is 0 Å². The summed E-state index contributed by atoms with van der Waals surface area (Å²) < 4.78 is 11.3. The zero-order chi connectivity index (χ0) is 20.0. The fourth-order valence-corrected chi connectivity index (χ4v) is 3.22. The van der Waals surface area contributed by atoms with Gasteiger partial charge in [0.1, 0.15) is 23.7 Å². The third-order valence-electron chi connectivity index (χ3n) is 4.45. The van der Waals surface area contributed by atoms with Crippen LogP contribution in [0.25, 0.3) is 0 Å². The Morgan fingerprint density at radius 3 is 2.79 bits per heavy atom. The van der Waals surface area contributed by atoms with E-state index in [9.17, 15) is 4.79 Å². The van der Waals surface area contributed by atoms with Gasteiger partial charge >= 0.3 is 0 Å². The Morgan fingerprint density at radius 1 is 1.21 bits per heavy atom. The summed E-state index contributed by atoms with van der Waals surface area (Å²) in [7, 11) is 0. The summed E-state index contributed by atoms with van der Waals surface area (Å²) in [4.78, 5) is 16.5. The standard InChI is InChI=1S/C21H28N4O3/c1-4-22-20(24-14-19(26)23-13-15-8-7-11-27-15)25-17-12-21(2,3)28-18-10-6-5-9-16(17)18/h5-11,17H,4,12-14H2,1-3H3,(H,23,26)(H2,22,24,25). The van der Waals surface area contributed by atoms with E-state index < -0.39 is 0 Å². The normalized spacial score (nSPS) is 18.0. The summed E-state index contributed by atoms with van der Waals surface area (Å²) in [5.74, 6) is 2.03. The first-order valence-electron chi connectivity index (χ1n) is 9.59. The molecule has 2 heterocycles. The van der Waals surface area contributed by atoms with Gasteiger partial charge in [-0.1, -0.05) is 18.2 Å². The van der Waals surface area contributed by atoms with Gasteiger partial charge in [-0.3, -0.25) is 4.79 Å². The van der Waals surface area contributed by atoms with Crippen molar-refractivity contribution in [1.82, 2.24) is 16.0 Å². The van der Waals surface area contributed by atoms with Crippen LogP contribution in [0.3, 0.4) is 0 Å². The van der Waals surface area contributed by atoms with Crippen LogP contribution in [0.4, 0.5) is 0 Å². The van der Waals surface area contributed by atoms with Crippen LogP contribution in [0.5, 0.6) is 5.75 Å². The van der Waals surface area contributed by atoms with E-state index in [2.05, 4.69) is 40.9 Å². The SMILES string of the molecule is CCNC(=NCC(=O)NCc1ccco1)NC1CC(C)(C)Oc2ccccc21. The van der Waals surface area contributed by atoms with E-state index >= 15 is 0 Å². The fraction of sp³-hybridized carbons (Fsp3) is 0.429. The number of guanidine groups is 1. The average Bonchev–Trinajstić information content (AvgIpc) is 3.17. The second-order valence-corrected chi connectivity index (χ2v) is 7.35. The molecule has 1 unspecified atom stereocenters. The van der Waals surface area contributed by atoms with E-state index in [1.165, 1.54) is 0 Å². The second-order valence-electron chi connectivity index (χ2n) is 7.35. The molecule has 28 heavy (non-hydrogen) atoms. The van der Waals surface area contributed by atoms with Crippen molar-refractivity contribution in [3.8, 4) is 5.75 Å². The Labute approximate surface area is 165 Å². The molecule has 0 spiro atoms. The van der Waals surface area contributed by atoms with Crippen LogP contribution in [-0.2, 0) is 11.3 Å². The molecular weight excluding hydrogens is 356 g/mol. The number of amides is 1. The van der Waals surface area contributed by atoms with Gasteiger partial charge in [-0.2, -0.15) is 0 Å². The van der Waals surface area contributed by atoms with Gasteiger partial charge in [0.15, 0.2) is 5.96 Å². The molecule has 0 saturated carbocycles. The van der Waals surface area contributed by atoms with E-state index in [1.54, 1.807) is 12.3 Å². The van der Waals surface area contributed by atoms with Crippen molar-refractivity contribution >= 4 is 11.9 Å². The Bertz CT molecular complexity index is 815. The van der Waals surface area contributed by atoms with E-state index in [4.69, 9.17) is 9.15 Å². The number of hydrogen-bond donors (Lipinski definition) is 3. The van der Waals surface area contributed by atoms with Crippen LogP contribution in [-0.4, -0.2) is 30.6 Å². The molecule has 7 nitrogen and oxygen atoms in total. The van der Waals surface area contributed by atoms with Crippen LogP contribution in [0, 0.1) is 0 Å². The zero-order valence-electron chi connectivity index (χ0n) is 16.6. The summed E-state index contributed by atoms with van der Waals surface area (Å²) in [6, 6.07) is 11.7. The van der Waals surface area contributed by atoms with Gasteiger partial charge in [0, 0.05) is 18.5 Å². The van der Waals surface area contributed by atoms with Crippen LogP contribution in [0.15, 0.2) is 52.1 Å². The lowest BCUT2D eigenvalue weighted by Crippen LogP contribution is -2.45. The van der Waals surface area contributed by atoms with E-state index in [-0.39, 0.29) is 24.1 Å². The molecule has 1 amide bonds. The number of rotatable bonds is 6. The third-order valence-corrected chi connectivity index (χ3v) is 4.45. The number of carbonyl (C=O) groups is 1. The number of benzene rings is 1. The minimum atomic E-state index is -0.288. The fourth-order valence-electron chi connectivity index (χ4n) is 3.22. The third kappa shape index (κ3) is 5.28. The number of nitrogens with zero attached hydrogens (tertiary/aromatic N) is 1. The smallest absolute Gasteiger partial charge is 0.242 e. The first-order chi connectivity index (χ1) is 13.5. The minimum absolute atomic E-state index is 0.0320. The molecule has 3 N–H and O–H groups in total. The number of para-hydroxylation sites is 1. The van der Waals surface area contributed by atoms with Gasteiger partial charge in [0.2, 0.25) is 5.91 Å². The summed E-state index contributed by atoms with van der Waals surface area (Å²) >= 11 is 0. The van der Waals surface area contributed by atoms with Gasteiger partial charge in [-0.15, -0.1) is 0 Å². The lowest BCUT2D eigenvalue weighted by molar-refractivity contribution is -0.119. The van der Waals surface area contributed by atoms with Crippen molar-refractivity contribution in [3.05, 3.63) is 54.0 Å². The Kier molecular flexibility index (Phi) is 6.23. The molecular formula is C21H28N4O3. The molecule has 150 valence electrons. The minimum Gasteiger partial charge on any atom is -0.487 e. The van der Waals surface area contributed by atoms with E-state index in [0.29, 0.717) is 24.8 Å². The van der Waals surface area contributed by atoms with Crippen LogP contribution in [0.1, 0.15) is 44.6 Å². The predicted molar refractivity (Wildman–Crippen MR) is 108 cm³/mol. The van der Waals surface area contributed by atoms with Crippen molar-refractivity contribution in [2.45, 2.75) is 45.4 Å². The number of nitrogens with one attached hydrogen (secondary N) is 3.